The van der Waals surface area contributed by atoms with E-state index < -0.39 is 6.61 Å². The normalized spacial score (nSPS) is 11.7. The van der Waals surface area contributed by atoms with E-state index in [1.807, 2.05) is 25.1 Å². The molecule has 0 bridgehead atoms. The fourth-order valence-corrected chi connectivity index (χ4v) is 3.35. The second-order valence-electron chi connectivity index (χ2n) is 6.86. The van der Waals surface area contributed by atoms with Gasteiger partial charge >= 0.3 is 6.61 Å². The summed E-state index contributed by atoms with van der Waals surface area (Å²) in [6.07, 6.45) is 0.862. The van der Waals surface area contributed by atoms with Crippen molar-refractivity contribution in [2.24, 2.45) is 4.99 Å². The van der Waals surface area contributed by atoms with E-state index in [4.69, 9.17) is 4.74 Å². The van der Waals surface area contributed by atoms with Crippen LogP contribution >= 0.6 is 0 Å². The monoisotopic (exact) mass is 431 g/mol. The maximum absolute atomic E-state index is 12.7. The van der Waals surface area contributed by atoms with E-state index >= 15 is 0 Å². The van der Waals surface area contributed by atoms with Crippen LogP contribution in [0, 0.1) is 6.92 Å². The predicted octanol–water partition coefficient (Wildman–Crippen LogP) is 3.71. The van der Waals surface area contributed by atoms with Crippen LogP contribution in [0.3, 0.4) is 0 Å². The Bertz CT molecular complexity index is 1040. The number of alkyl halides is 2. The summed E-state index contributed by atoms with van der Waals surface area (Å²) in [7, 11) is 3.18. The summed E-state index contributed by atoms with van der Waals surface area (Å²) < 4.78 is 37.3. The maximum Gasteiger partial charge on any atom is 0.387 e. The Hall–Kier alpha value is -3.36. The minimum absolute atomic E-state index is 0.0983. The highest BCUT2D eigenvalue weighted by molar-refractivity contribution is 5.79. The summed E-state index contributed by atoms with van der Waals surface area (Å²) in [6, 6.07) is 12.8. The molecule has 0 aliphatic rings. The van der Waals surface area contributed by atoms with Gasteiger partial charge in [0.2, 0.25) is 0 Å². The topological polar surface area (TPSA) is 72.7 Å². The fraction of sp³-hybridized carbons (Fsp3) is 0.364. The minimum atomic E-state index is -2.90. The van der Waals surface area contributed by atoms with Crippen molar-refractivity contribution in [1.82, 2.24) is 20.2 Å². The molecule has 7 nitrogen and oxygen atoms in total. The molecule has 2 aromatic carbocycles. The van der Waals surface area contributed by atoms with Crippen LogP contribution < -0.4 is 20.1 Å². The molecule has 0 spiro atoms. The molecule has 0 saturated heterocycles. The van der Waals surface area contributed by atoms with Crippen LogP contribution in [0.2, 0.25) is 0 Å². The zero-order chi connectivity index (χ0) is 22.2. The number of imidazole rings is 1. The highest BCUT2D eigenvalue weighted by Crippen LogP contribution is 2.25. The molecule has 2 N–H and O–H groups in total. The van der Waals surface area contributed by atoms with Crippen molar-refractivity contribution in [2.75, 3.05) is 20.7 Å². The number of aryl methyl sites for hydroxylation is 2. The lowest BCUT2D eigenvalue weighted by molar-refractivity contribution is -0.0504. The number of ether oxygens (including phenoxy) is 2. The van der Waals surface area contributed by atoms with Gasteiger partial charge in [0.15, 0.2) is 5.96 Å². The number of nitrogens with one attached hydrogen (secondary N) is 2. The molecule has 0 saturated carbocycles. The molecule has 166 valence electrons. The number of benzene rings is 2. The summed E-state index contributed by atoms with van der Waals surface area (Å²) in [5.41, 5.74) is 2.65. The van der Waals surface area contributed by atoms with Crippen molar-refractivity contribution >= 4 is 17.0 Å². The fourth-order valence-electron chi connectivity index (χ4n) is 3.35. The van der Waals surface area contributed by atoms with E-state index in [1.54, 1.807) is 19.2 Å². The van der Waals surface area contributed by atoms with E-state index in [0.29, 0.717) is 23.8 Å². The Labute approximate surface area is 180 Å². The molecule has 0 fully saturated rings. The van der Waals surface area contributed by atoms with Gasteiger partial charge in [-0.1, -0.05) is 12.1 Å². The second-order valence-corrected chi connectivity index (χ2v) is 6.86. The van der Waals surface area contributed by atoms with Crippen LogP contribution in [0.4, 0.5) is 8.78 Å². The second kappa shape index (κ2) is 10.6. The van der Waals surface area contributed by atoms with Crippen molar-refractivity contribution in [3.05, 3.63) is 53.9 Å². The molecule has 31 heavy (non-hydrogen) atoms. The molecule has 3 rings (SSSR count). The quantitative estimate of drug-likeness (QED) is 0.307. The zero-order valence-corrected chi connectivity index (χ0v) is 17.9. The van der Waals surface area contributed by atoms with Crippen molar-refractivity contribution in [1.29, 1.82) is 0 Å². The van der Waals surface area contributed by atoms with Crippen molar-refractivity contribution in [2.45, 2.75) is 33.0 Å². The first kappa shape index (κ1) is 22.3. The van der Waals surface area contributed by atoms with Crippen LogP contribution in [0.5, 0.6) is 11.5 Å². The largest absolute Gasteiger partial charge is 0.497 e. The molecule has 0 amide bonds. The van der Waals surface area contributed by atoms with E-state index in [2.05, 4.69) is 36.0 Å². The minimum Gasteiger partial charge on any atom is -0.497 e. The highest BCUT2D eigenvalue weighted by atomic mass is 19.3. The average molecular weight is 431 g/mol. The number of nitrogens with zero attached hydrogens (tertiary/aromatic N) is 3. The van der Waals surface area contributed by atoms with Gasteiger partial charge in [-0.15, -0.1) is 0 Å². The molecule has 0 radical (unpaired) electrons. The molecule has 3 aromatic rings. The smallest absolute Gasteiger partial charge is 0.387 e. The summed E-state index contributed by atoms with van der Waals surface area (Å²) >= 11 is 0. The third kappa shape index (κ3) is 5.84. The number of rotatable bonds is 9. The first-order chi connectivity index (χ1) is 15.0. The number of hydrogen-bond donors (Lipinski definition) is 2. The number of aromatic nitrogens is 2. The van der Waals surface area contributed by atoms with E-state index in [-0.39, 0.29) is 12.3 Å². The molecular weight excluding hydrogens is 404 g/mol. The molecule has 1 heterocycles. The Balaban J connectivity index is 1.54. The van der Waals surface area contributed by atoms with Gasteiger partial charge < -0.3 is 24.7 Å². The van der Waals surface area contributed by atoms with Crippen molar-refractivity contribution < 1.29 is 18.3 Å². The van der Waals surface area contributed by atoms with Crippen LogP contribution in [0.25, 0.3) is 11.0 Å². The summed E-state index contributed by atoms with van der Waals surface area (Å²) in [4.78, 5) is 8.77. The van der Waals surface area contributed by atoms with Gasteiger partial charge in [-0.25, -0.2) is 4.98 Å². The predicted molar refractivity (Wildman–Crippen MR) is 117 cm³/mol. The van der Waals surface area contributed by atoms with Gasteiger partial charge in [0, 0.05) is 32.2 Å². The van der Waals surface area contributed by atoms with Crippen molar-refractivity contribution in [3.63, 3.8) is 0 Å². The third-order valence-corrected chi connectivity index (χ3v) is 4.85. The van der Waals surface area contributed by atoms with Crippen LogP contribution in [-0.4, -0.2) is 42.8 Å². The summed E-state index contributed by atoms with van der Waals surface area (Å²) in [5, 5.41) is 6.37. The van der Waals surface area contributed by atoms with E-state index in [0.717, 1.165) is 29.8 Å². The van der Waals surface area contributed by atoms with Gasteiger partial charge in [-0.05, 0) is 43.7 Å². The van der Waals surface area contributed by atoms with Crippen LogP contribution in [0.15, 0.2) is 47.5 Å². The first-order valence-corrected chi connectivity index (χ1v) is 10.00. The standard InChI is InChI=1S/C22H27F2N5O2/c1-15-28-18-7-4-5-8-19(18)29(15)12-6-11-26-22(25-2)27-14-16-13-17(30-3)9-10-20(16)31-21(23)24/h4-5,7-10,13,21H,6,11-12,14H2,1-3H3,(H2,25,26,27). The van der Waals surface area contributed by atoms with Gasteiger partial charge in [0.05, 0.1) is 18.1 Å². The number of guanidine groups is 1. The highest BCUT2D eigenvalue weighted by Gasteiger charge is 2.12. The Morgan fingerprint density at radius 1 is 1.19 bits per heavy atom. The molecule has 0 atom stereocenters. The molecule has 9 heteroatoms. The SMILES string of the molecule is CN=C(NCCCn1c(C)nc2ccccc21)NCc1cc(OC)ccc1OC(F)F. The lowest BCUT2D eigenvalue weighted by Crippen LogP contribution is -2.37. The molecule has 0 aliphatic heterocycles. The van der Waals surface area contributed by atoms with Gasteiger partial charge in [0.1, 0.15) is 17.3 Å². The lowest BCUT2D eigenvalue weighted by atomic mass is 10.2. The third-order valence-electron chi connectivity index (χ3n) is 4.85. The number of halogens is 2. The number of methoxy groups -OCH3 is 1. The van der Waals surface area contributed by atoms with Crippen LogP contribution in [-0.2, 0) is 13.1 Å². The number of hydrogen-bond acceptors (Lipinski definition) is 4. The Morgan fingerprint density at radius 3 is 2.74 bits per heavy atom. The number of aliphatic imine (C=N–C) groups is 1. The zero-order valence-electron chi connectivity index (χ0n) is 17.9. The maximum atomic E-state index is 12.7. The molecule has 0 unspecified atom stereocenters. The average Bonchev–Trinajstić information content (AvgIpc) is 3.08. The van der Waals surface area contributed by atoms with Gasteiger partial charge in [-0.3, -0.25) is 4.99 Å². The summed E-state index contributed by atoms with van der Waals surface area (Å²) in [6.45, 7) is 0.862. The number of para-hydroxylation sites is 2. The van der Waals surface area contributed by atoms with Crippen molar-refractivity contribution in [3.8, 4) is 11.5 Å². The first-order valence-electron chi connectivity index (χ1n) is 10.00. The van der Waals surface area contributed by atoms with Crippen LogP contribution in [0.1, 0.15) is 17.8 Å². The number of fused-ring (bicyclic) bond motifs is 1. The van der Waals surface area contributed by atoms with E-state index in [9.17, 15) is 8.78 Å². The Morgan fingerprint density at radius 2 is 2.00 bits per heavy atom. The molecular formula is C22H27F2N5O2. The van der Waals surface area contributed by atoms with Gasteiger partial charge in [0.25, 0.3) is 0 Å². The lowest BCUT2D eigenvalue weighted by Gasteiger charge is -2.15. The molecule has 1 aromatic heterocycles. The van der Waals surface area contributed by atoms with E-state index in [1.165, 1.54) is 13.2 Å². The summed E-state index contributed by atoms with van der Waals surface area (Å²) in [5.74, 6) is 2.21. The van der Waals surface area contributed by atoms with Gasteiger partial charge in [-0.2, -0.15) is 8.78 Å². The Kier molecular flexibility index (Phi) is 7.64. The molecule has 0 aliphatic carbocycles.